The van der Waals surface area contributed by atoms with Gasteiger partial charge in [-0.15, -0.1) is 0 Å². The summed E-state index contributed by atoms with van der Waals surface area (Å²) in [5.74, 6) is -10.3. The van der Waals surface area contributed by atoms with Gasteiger partial charge in [0.1, 0.15) is 30.2 Å². The Morgan fingerprint density at radius 1 is 0.691 bits per heavy atom. The number of nitrogens with two attached hydrogens (primary N) is 1. The summed E-state index contributed by atoms with van der Waals surface area (Å²) < 4.78 is 0. The van der Waals surface area contributed by atoms with Crippen molar-refractivity contribution in [2.24, 2.45) is 17.6 Å². The van der Waals surface area contributed by atoms with Gasteiger partial charge in [0.05, 0.1) is 25.7 Å². The van der Waals surface area contributed by atoms with Gasteiger partial charge in [-0.05, 0) is 43.9 Å². The lowest BCUT2D eigenvalue weighted by Crippen LogP contribution is -2.59. The van der Waals surface area contributed by atoms with E-state index in [1.54, 1.807) is 27.7 Å². The van der Waals surface area contributed by atoms with E-state index in [-0.39, 0.29) is 31.2 Å². The monoisotopic (exact) mass is 786 g/mol. The first-order chi connectivity index (χ1) is 25.7. The number of hydrogen-bond acceptors (Lipinski definition) is 12. The smallest absolute Gasteiger partial charge is 0.326 e. The van der Waals surface area contributed by atoms with E-state index in [1.165, 1.54) is 4.90 Å². The summed E-state index contributed by atoms with van der Waals surface area (Å²) in [7, 11) is 0. The minimum absolute atomic E-state index is 0.103. The number of aliphatic hydroxyl groups is 1. The van der Waals surface area contributed by atoms with Crippen molar-refractivity contribution in [2.75, 3.05) is 26.2 Å². The predicted molar refractivity (Wildman–Crippen MR) is 189 cm³/mol. The van der Waals surface area contributed by atoms with Gasteiger partial charge in [0.2, 0.25) is 41.4 Å². The molecule has 310 valence electrons. The lowest BCUT2D eigenvalue weighted by molar-refractivity contribution is -0.144. The van der Waals surface area contributed by atoms with Gasteiger partial charge in [-0.25, -0.2) is 4.79 Å². The van der Waals surface area contributed by atoms with Crippen LogP contribution < -0.4 is 37.6 Å². The van der Waals surface area contributed by atoms with Crippen LogP contribution in [0.1, 0.15) is 72.6 Å². The van der Waals surface area contributed by atoms with Crippen LogP contribution in [0.2, 0.25) is 0 Å². The number of carboxylic acids is 3. The highest BCUT2D eigenvalue weighted by atomic mass is 16.4. The fourth-order valence-electron chi connectivity index (χ4n) is 5.34. The summed E-state index contributed by atoms with van der Waals surface area (Å²) >= 11 is 0. The second-order valence-electron chi connectivity index (χ2n) is 13.8. The van der Waals surface area contributed by atoms with Crippen LogP contribution in [0, 0.1) is 11.8 Å². The van der Waals surface area contributed by atoms with E-state index in [9.17, 15) is 58.2 Å². The molecule has 0 aromatic rings. The standard InChI is InChI=1S/C33H54N8O14/c1-16(2)12-20(39-29(50)21(15-42)40-31(52)27(34)17(3)4)32(53)41-11-5-6-22(41)30(51)36-13-23(43)35-14-24(44)37-18(7-9-25(45)46)28(49)38-19(33(54)55)8-10-26(47)48/h16-22,27,42H,5-15,34H2,1-4H3,(H,35,43)(H,36,51)(H,37,44)(H,38,49)(H,39,50)(H,40,52)(H,45,46)(H,47,48)(H,54,55)/t18-,19-,20-,21-,22-,27-/m0/s1. The molecule has 55 heavy (non-hydrogen) atoms. The largest absolute Gasteiger partial charge is 0.481 e. The zero-order valence-corrected chi connectivity index (χ0v) is 31.3. The third-order valence-electron chi connectivity index (χ3n) is 8.43. The summed E-state index contributed by atoms with van der Waals surface area (Å²) in [5.41, 5.74) is 5.83. The van der Waals surface area contributed by atoms with E-state index in [0.717, 1.165) is 0 Å². The van der Waals surface area contributed by atoms with Crippen molar-refractivity contribution in [3.8, 4) is 0 Å². The molecular weight excluding hydrogens is 732 g/mol. The Morgan fingerprint density at radius 2 is 1.22 bits per heavy atom. The molecule has 0 aliphatic carbocycles. The summed E-state index contributed by atoms with van der Waals surface area (Å²) in [6, 6.07) is -7.70. The summed E-state index contributed by atoms with van der Waals surface area (Å²) in [6.07, 6.45) is -1.35. The topological polar surface area (TPSA) is 353 Å². The lowest BCUT2D eigenvalue weighted by Gasteiger charge is -2.30. The SMILES string of the molecule is CC(C)C[C@H](NC(=O)[C@H](CO)NC(=O)[C@@H](N)C(C)C)C(=O)N1CCC[C@H]1C(=O)NCC(=O)NCC(=O)N[C@@H](CCC(=O)O)C(=O)N[C@@H](CCC(=O)O)C(=O)O. The van der Waals surface area contributed by atoms with Crippen molar-refractivity contribution in [1.82, 2.24) is 36.8 Å². The molecule has 1 rings (SSSR count). The third-order valence-corrected chi connectivity index (χ3v) is 8.43. The van der Waals surface area contributed by atoms with Crippen LogP contribution in [0.4, 0.5) is 0 Å². The molecule has 0 aromatic carbocycles. The number of rotatable bonds is 24. The molecule has 12 N–H and O–H groups in total. The fraction of sp³-hybridized carbons (Fsp3) is 0.697. The zero-order valence-electron chi connectivity index (χ0n) is 31.3. The van der Waals surface area contributed by atoms with Gasteiger partial charge in [0, 0.05) is 19.4 Å². The van der Waals surface area contributed by atoms with E-state index >= 15 is 0 Å². The van der Waals surface area contributed by atoms with Crippen molar-refractivity contribution < 1.29 is 68.4 Å². The van der Waals surface area contributed by atoms with Gasteiger partial charge in [-0.1, -0.05) is 27.7 Å². The second-order valence-corrected chi connectivity index (χ2v) is 13.8. The van der Waals surface area contributed by atoms with Crippen LogP contribution >= 0.6 is 0 Å². The van der Waals surface area contributed by atoms with Crippen LogP contribution in [0.15, 0.2) is 0 Å². The van der Waals surface area contributed by atoms with Gasteiger partial charge >= 0.3 is 17.9 Å². The molecule has 6 atom stereocenters. The van der Waals surface area contributed by atoms with Crippen LogP contribution in [0.5, 0.6) is 0 Å². The molecule has 22 nitrogen and oxygen atoms in total. The van der Waals surface area contributed by atoms with Crippen molar-refractivity contribution in [1.29, 1.82) is 0 Å². The molecule has 1 aliphatic heterocycles. The molecule has 7 amide bonds. The molecule has 22 heteroatoms. The first-order valence-corrected chi connectivity index (χ1v) is 17.8. The highest BCUT2D eigenvalue weighted by Crippen LogP contribution is 2.20. The first kappa shape index (κ1) is 47.6. The molecule has 0 bridgehead atoms. The Labute approximate surface area is 317 Å². The normalized spacial score (nSPS) is 16.5. The van der Waals surface area contributed by atoms with Gasteiger partial charge < -0.3 is 63.0 Å². The molecular formula is C33H54N8O14. The molecule has 0 unspecified atom stereocenters. The molecule has 1 fully saturated rings. The second kappa shape index (κ2) is 23.4. The maximum absolute atomic E-state index is 13.7. The van der Waals surface area contributed by atoms with Crippen molar-refractivity contribution in [3.63, 3.8) is 0 Å². The molecule has 0 spiro atoms. The van der Waals surface area contributed by atoms with Gasteiger partial charge in [0.25, 0.3) is 0 Å². The number of carboxylic acid groups (broad SMARTS) is 3. The van der Waals surface area contributed by atoms with E-state index in [4.69, 9.17) is 15.9 Å². The summed E-state index contributed by atoms with van der Waals surface area (Å²) in [4.78, 5) is 125. The van der Waals surface area contributed by atoms with Crippen LogP contribution in [-0.2, 0) is 47.9 Å². The Kier molecular flexibility index (Phi) is 20.3. The highest BCUT2D eigenvalue weighted by molar-refractivity contribution is 5.96. The van der Waals surface area contributed by atoms with Crippen LogP contribution in [0.25, 0.3) is 0 Å². The number of aliphatic carboxylic acids is 3. The molecule has 1 saturated heterocycles. The van der Waals surface area contributed by atoms with Gasteiger partial charge in [0.15, 0.2) is 0 Å². The van der Waals surface area contributed by atoms with Crippen molar-refractivity contribution in [3.05, 3.63) is 0 Å². The fourth-order valence-corrected chi connectivity index (χ4v) is 5.34. The van der Waals surface area contributed by atoms with Gasteiger partial charge in [-0.3, -0.25) is 43.2 Å². The van der Waals surface area contributed by atoms with E-state index in [0.29, 0.717) is 6.42 Å². The molecule has 1 aliphatic rings. The Morgan fingerprint density at radius 3 is 1.75 bits per heavy atom. The number of nitrogens with one attached hydrogen (secondary N) is 6. The van der Waals surface area contributed by atoms with E-state index < -0.39 is 141 Å². The number of nitrogens with zero attached hydrogens (tertiary/aromatic N) is 1. The number of carbonyl (C=O) groups is 10. The number of carbonyl (C=O) groups excluding carboxylic acids is 7. The Hall–Kier alpha value is -5.38. The maximum atomic E-state index is 13.7. The number of likely N-dealkylation sites (tertiary alicyclic amines) is 1. The zero-order chi connectivity index (χ0) is 42.0. The molecule has 0 radical (unpaired) electrons. The average molecular weight is 787 g/mol. The Balaban J connectivity index is 2.84. The van der Waals surface area contributed by atoms with Crippen molar-refractivity contribution >= 4 is 59.3 Å². The first-order valence-electron chi connectivity index (χ1n) is 17.8. The third kappa shape index (κ3) is 17.1. The minimum Gasteiger partial charge on any atom is -0.481 e. The number of aliphatic hydroxyl groups excluding tert-OH is 1. The average Bonchev–Trinajstić information content (AvgIpc) is 3.60. The van der Waals surface area contributed by atoms with Crippen LogP contribution in [-0.4, -0.2) is 147 Å². The van der Waals surface area contributed by atoms with Crippen LogP contribution in [0.3, 0.4) is 0 Å². The highest BCUT2D eigenvalue weighted by Gasteiger charge is 2.39. The predicted octanol–water partition coefficient (Wildman–Crippen LogP) is -4.02. The minimum atomic E-state index is -1.64. The Bertz CT molecular complexity index is 1420. The van der Waals surface area contributed by atoms with Gasteiger partial charge in [-0.2, -0.15) is 0 Å². The molecule has 0 aromatic heterocycles. The number of hydrogen-bond donors (Lipinski definition) is 11. The summed E-state index contributed by atoms with van der Waals surface area (Å²) in [6.45, 7) is 5.02. The van der Waals surface area contributed by atoms with E-state index in [2.05, 4.69) is 31.9 Å². The maximum Gasteiger partial charge on any atom is 0.326 e. The molecule has 1 heterocycles. The quantitative estimate of drug-likeness (QED) is 0.0444. The van der Waals surface area contributed by atoms with E-state index in [1.807, 2.05) is 0 Å². The van der Waals surface area contributed by atoms with Crippen molar-refractivity contribution in [2.45, 2.75) is 109 Å². The number of amides is 7. The molecule has 0 saturated carbocycles. The lowest BCUT2D eigenvalue weighted by atomic mass is 10.0. The summed E-state index contributed by atoms with van der Waals surface area (Å²) in [5, 5.41) is 50.7.